The molecule has 1 aliphatic carbocycles. The van der Waals surface area contributed by atoms with Gasteiger partial charge in [0.25, 0.3) is 5.69 Å². The van der Waals surface area contributed by atoms with Crippen LogP contribution in [-0.4, -0.2) is 28.5 Å². The standard InChI is InChI=1S/C13H13BrN2O5/c14-10-6-9(16(20)21)2-1-8(10)5-11(17)15-7-13(3-4-13)12(18)19/h1-2,6H,3-5,7H2,(H,15,17)(H,18,19). The molecule has 112 valence electrons. The number of benzene rings is 1. The monoisotopic (exact) mass is 356 g/mol. The number of rotatable bonds is 6. The number of hydrogen-bond donors (Lipinski definition) is 2. The first kappa shape index (κ1) is 15.4. The van der Waals surface area contributed by atoms with Crippen LogP contribution in [0.4, 0.5) is 5.69 Å². The van der Waals surface area contributed by atoms with Crippen LogP contribution in [-0.2, 0) is 16.0 Å². The number of carboxylic acid groups (broad SMARTS) is 1. The maximum atomic E-state index is 11.8. The summed E-state index contributed by atoms with van der Waals surface area (Å²) in [7, 11) is 0. The van der Waals surface area contributed by atoms with E-state index in [1.165, 1.54) is 18.2 Å². The van der Waals surface area contributed by atoms with Crippen molar-refractivity contribution in [3.05, 3.63) is 38.3 Å². The maximum Gasteiger partial charge on any atom is 0.311 e. The van der Waals surface area contributed by atoms with Crippen LogP contribution < -0.4 is 5.32 Å². The topological polar surface area (TPSA) is 110 Å². The molecule has 21 heavy (non-hydrogen) atoms. The van der Waals surface area contributed by atoms with Crippen molar-refractivity contribution in [2.75, 3.05) is 6.54 Å². The highest BCUT2D eigenvalue weighted by Crippen LogP contribution is 2.45. The fraction of sp³-hybridized carbons (Fsp3) is 0.385. The smallest absolute Gasteiger partial charge is 0.311 e. The van der Waals surface area contributed by atoms with Crippen molar-refractivity contribution in [2.45, 2.75) is 19.3 Å². The number of aliphatic carboxylic acids is 1. The van der Waals surface area contributed by atoms with Gasteiger partial charge in [-0.3, -0.25) is 19.7 Å². The van der Waals surface area contributed by atoms with Crippen LogP contribution in [0.15, 0.2) is 22.7 Å². The van der Waals surface area contributed by atoms with Gasteiger partial charge in [-0.05, 0) is 18.4 Å². The van der Waals surface area contributed by atoms with Gasteiger partial charge in [-0.25, -0.2) is 0 Å². The molecule has 8 heteroatoms. The number of halogens is 1. The van der Waals surface area contributed by atoms with Crippen molar-refractivity contribution in [3.8, 4) is 0 Å². The van der Waals surface area contributed by atoms with E-state index in [4.69, 9.17) is 5.11 Å². The number of hydrogen-bond acceptors (Lipinski definition) is 4. The Morgan fingerprint density at radius 3 is 2.57 bits per heavy atom. The van der Waals surface area contributed by atoms with Crippen LogP contribution in [0.3, 0.4) is 0 Å². The Kier molecular flexibility index (Phi) is 4.26. The average molecular weight is 357 g/mol. The van der Waals surface area contributed by atoms with E-state index < -0.39 is 16.3 Å². The van der Waals surface area contributed by atoms with Gasteiger partial charge in [0.1, 0.15) is 0 Å². The Morgan fingerprint density at radius 1 is 1.43 bits per heavy atom. The van der Waals surface area contributed by atoms with Crippen molar-refractivity contribution in [1.82, 2.24) is 5.32 Å². The number of carboxylic acids is 1. The zero-order valence-corrected chi connectivity index (χ0v) is 12.6. The highest BCUT2D eigenvalue weighted by atomic mass is 79.9. The second-order valence-electron chi connectivity index (χ2n) is 5.07. The number of carbonyl (C=O) groups is 2. The Bertz CT molecular complexity index is 613. The van der Waals surface area contributed by atoms with Crippen LogP contribution in [0.25, 0.3) is 0 Å². The number of amides is 1. The zero-order valence-electron chi connectivity index (χ0n) is 11.0. The van der Waals surface area contributed by atoms with Crippen molar-refractivity contribution in [3.63, 3.8) is 0 Å². The minimum absolute atomic E-state index is 0.0360. The highest BCUT2D eigenvalue weighted by Gasteiger charge is 2.50. The second-order valence-corrected chi connectivity index (χ2v) is 5.93. The summed E-state index contributed by atoms with van der Waals surface area (Å²) in [6.07, 6.45) is 1.18. The maximum absolute atomic E-state index is 11.8. The van der Waals surface area contributed by atoms with E-state index in [2.05, 4.69) is 21.2 Å². The predicted octanol–water partition coefficient (Wildman–Crippen LogP) is 1.88. The minimum Gasteiger partial charge on any atom is -0.481 e. The Morgan fingerprint density at radius 2 is 2.10 bits per heavy atom. The molecule has 0 saturated heterocycles. The molecule has 0 heterocycles. The lowest BCUT2D eigenvalue weighted by molar-refractivity contribution is -0.384. The average Bonchev–Trinajstić information content (AvgIpc) is 3.20. The largest absolute Gasteiger partial charge is 0.481 e. The molecule has 1 aromatic rings. The van der Waals surface area contributed by atoms with Gasteiger partial charge in [0, 0.05) is 23.2 Å². The third-order valence-electron chi connectivity index (χ3n) is 3.53. The molecule has 0 aromatic heterocycles. The van der Waals surface area contributed by atoms with E-state index in [1.807, 2.05) is 0 Å². The van der Waals surface area contributed by atoms with Gasteiger partial charge < -0.3 is 10.4 Å². The molecule has 0 unspecified atom stereocenters. The van der Waals surface area contributed by atoms with Gasteiger partial charge in [0.15, 0.2) is 0 Å². The number of non-ortho nitro benzene ring substituents is 1. The molecular weight excluding hydrogens is 344 g/mol. The SMILES string of the molecule is O=C(Cc1ccc([N+](=O)[O-])cc1Br)NCC1(C(=O)O)CC1. The first-order valence-electron chi connectivity index (χ1n) is 6.27. The number of nitrogens with one attached hydrogen (secondary N) is 1. The molecule has 1 amide bonds. The van der Waals surface area contributed by atoms with Gasteiger partial charge in [-0.1, -0.05) is 22.0 Å². The first-order valence-corrected chi connectivity index (χ1v) is 7.06. The van der Waals surface area contributed by atoms with E-state index in [0.717, 1.165) is 0 Å². The summed E-state index contributed by atoms with van der Waals surface area (Å²) < 4.78 is 0.478. The van der Waals surface area contributed by atoms with Crippen LogP contribution in [0.2, 0.25) is 0 Å². The normalized spacial score (nSPS) is 15.3. The number of nitrogens with zero attached hydrogens (tertiary/aromatic N) is 1. The molecule has 0 atom stereocenters. The minimum atomic E-state index is -0.890. The molecule has 0 bridgehead atoms. The molecule has 2 rings (SSSR count). The molecule has 1 fully saturated rings. The quantitative estimate of drug-likeness (QED) is 0.597. The van der Waals surface area contributed by atoms with Crippen LogP contribution in [0.1, 0.15) is 18.4 Å². The third kappa shape index (κ3) is 3.57. The summed E-state index contributed by atoms with van der Waals surface area (Å²) in [5, 5.41) is 22.2. The van der Waals surface area contributed by atoms with E-state index in [-0.39, 0.29) is 24.6 Å². The lowest BCUT2D eigenvalue weighted by atomic mass is 10.1. The molecule has 1 saturated carbocycles. The molecule has 2 N–H and O–H groups in total. The lowest BCUT2D eigenvalue weighted by Crippen LogP contribution is -2.35. The van der Waals surface area contributed by atoms with Crippen molar-refractivity contribution < 1.29 is 19.6 Å². The molecule has 0 radical (unpaired) electrons. The first-order chi connectivity index (χ1) is 9.84. The summed E-state index contributed by atoms with van der Waals surface area (Å²) in [5.74, 6) is -1.20. The Balaban J connectivity index is 1.94. The fourth-order valence-electron chi connectivity index (χ4n) is 1.91. The third-order valence-corrected chi connectivity index (χ3v) is 4.27. The number of carbonyl (C=O) groups excluding carboxylic acids is 1. The van der Waals surface area contributed by atoms with Gasteiger partial charge >= 0.3 is 5.97 Å². The second kappa shape index (κ2) is 5.80. The highest BCUT2D eigenvalue weighted by molar-refractivity contribution is 9.10. The Hall–Kier alpha value is -1.96. The molecule has 7 nitrogen and oxygen atoms in total. The molecular formula is C13H13BrN2O5. The van der Waals surface area contributed by atoms with Gasteiger partial charge in [-0.2, -0.15) is 0 Å². The van der Waals surface area contributed by atoms with Crippen molar-refractivity contribution >= 4 is 33.5 Å². The fourth-order valence-corrected chi connectivity index (χ4v) is 2.42. The van der Waals surface area contributed by atoms with Crippen molar-refractivity contribution in [2.24, 2.45) is 5.41 Å². The summed E-state index contributed by atoms with van der Waals surface area (Å²) in [5.41, 5.74) is -0.255. The molecule has 1 aromatic carbocycles. The van der Waals surface area contributed by atoms with Gasteiger partial charge in [0.2, 0.25) is 5.91 Å². The number of nitro benzene ring substituents is 1. The predicted molar refractivity (Wildman–Crippen MR) is 76.8 cm³/mol. The van der Waals surface area contributed by atoms with Crippen LogP contribution in [0.5, 0.6) is 0 Å². The van der Waals surface area contributed by atoms with E-state index in [0.29, 0.717) is 22.9 Å². The molecule has 0 spiro atoms. The lowest BCUT2D eigenvalue weighted by Gasteiger charge is -2.11. The van der Waals surface area contributed by atoms with Gasteiger partial charge in [-0.15, -0.1) is 0 Å². The summed E-state index contributed by atoms with van der Waals surface area (Å²) in [4.78, 5) is 32.9. The van der Waals surface area contributed by atoms with E-state index in [9.17, 15) is 19.7 Å². The van der Waals surface area contributed by atoms with Crippen LogP contribution >= 0.6 is 15.9 Å². The van der Waals surface area contributed by atoms with Crippen molar-refractivity contribution in [1.29, 1.82) is 0 Å². The van der Waals surface area contributed by atoms with Crippen LogP contribution in [0, 0.1) is 15.5 Å². The number of nitro groups is 1. The molecule has 0 aliphatic heterocycles. The Labute approximate surface area is 128 Å². The summed E-state index contributed by atoms with van der Waals surface area (Å²) >= 11 is 3.19. The molecule has 1 aliphatic rings. The van der Waals surface area contributed by atoms with Gasteiger partial charge in [0.05, 0.1) is 16.8 Å². The zero-order chi connectivity index (χ0) is 15.6. The van der Waals surface area contributed by atoms with E-state index in [1.54, 1.807) is 0 Å². The van der Waals surface area contributed by atoms with E-state index >= 15 is 0 Å². The summed E-state index contributed by atoms with van der Waals surface area (Å²) in [6, 6.07) is 4.17. The summed E-state index contributed by atoms with van der Waals surface area (Å²) in [6.45, 7) is 0.117.